The number of benzene rings is 8. The van der Waals surface area contributed by atoms with Crippen molar-refractivity contribution in [3.63, 3.8) is 0 Å². The van der Waals surface area contributed by atoms with Gasteiger partial charge in [0.1, 0.15) is 23.0 Å². The summed E-state index contributed by atoms with van der Waals surface area (Å²) >= 11 is 3.19. The third kappa shape index (κ3) is 16.3. The predicted octanol–water partition coefficient (Wildman–Crippen LogP) is 30.3. The van der Waals surface area contributed by atoms with Crippen molar-refractivity contribution in [2.24, 2.45) is 0 Å². The van der Waals surface area contributed by atoms with E-state index in [1.807, 2.05) is 36.4 Å². The largest absolute Gasteiger partial charge is 0.506 e. The van der Waals surface area contributed by atoms with E-state index in [1.54, 1.807) is 22.7 Å². The molecule has 102 heavy (non-hydrogen) atoms. The summed E-state index contributed by atoms with van der Waals surface area (Å²) in [6.07, 6.45) is 1.50. The summed E-state index contributed by atoms with van der Waals surface area (Å²) in [5.41, 5.74) is 31.6. The molecule has 0 atom stereocenters. The predicted molar refractivity (Wildman–Crippen MR) is 445 cm³/mol. The molecule has 0 radical (unpaired) electrons. The van der Waals surface area contributed by atoms with Crippen LogP contribution in [0.1, 0.15) is 317 Å². The summed E-state index contributed by atoms with van der Waals surface area (Å²) in [7, 11) is 0. The molecule has 0 aliphatic rings. The number of rotatable bonds is 27. The smallest absolute Gasteiger partial charge is 0.142 e. The Balaban J connectivity index is 0.944. The maximum absolute atomic E-state index is 12.8. The number of hydrogen-bond donors (Lipinski definition) is 2. The number of aromatic hydroxyl groups is 2. The molecule has 0 unspecified atom stereocenters. The van der Waals surface area contributed by atoms with Gasteiger partial charge in [-0.3, -0.25) is 0 Å². The fourth-order valence-corrected chi connectivity index (χ4v) is 16.8. The van der Waals surface area contributed by atoms with Crippen LogP contribution >= 0.6 is 22.7 Å². The molecule has 0 spiro atoms. The van der Waals surface area contributed by atoms with E-state index in [-0.39, 0.29) is 11.5 Å². The Morgan fingerprint density at radius 2 is 0.480 bits per heavy atom. The fraction of sp³-hybridized carbons (Fsp3) is 0.417. The van der Waals surface area contributed by atoms with Crippen LogP contribution in [0.2, 0.25) is 0 Å². The molecule has 0 aliphatic heterocycles. The number of para-hydroxylation sites is 2. The number of ether oxygens (including phenoxy) is 2. The van der Waals surface area contributed by atoms with Crippen LogP contribution in [0.3, 0.4) is 0 Å². The quantitative estimate of drug-likeness (QED) is 0.0504. The monoisotopic (exact) mass is 1400 g/mol. The summed E-state index contributed by atoms with van der Waals surface area (Å²) in [6.45, 7) is 56.6. The lowest BCUT2D eigenvalue weighted by Crippen LogP contribution is -2.05. The van der Waals surface area contributed by atoms with E-state index in [4.69, 9.17) is 9.47 Å². The lowest BCUT2D eigenvalue weighted by atomic mass is 9.78. The number of thiophene rings is 2. The zero-order valence-corrected chi connectivity index (χ0v) is 67.8. The van der Waals surface area contributed by atoms with E-state index in [0.717, 1.165) is 67.5 Å². The van der Waals surface area contributed by atoms with E-state index in [1.165, 1.54) is 111 Å². The van der Waals surface area contributed by atoms with Crippen molar-refractivity contribution in [2.45, 2.75) is 250 Å². The van der Waals surface area contributed by atoms with Crippen molar-refractivity contribution in [3.8, 4) is 111 Å². The minimum Gasteiger partial charge on any atom is -0.506 e. The van der Waals surface area contributed by atoms with Gasteiger partial charge in [0.05, 0.1) is 23.0 Å². The number of unbranched alkanes of at least 4 members (excludes halogenated alkanes) is 1. The van der Waals surface area contributed by atoms with Gasteiger partial charge < -0.3 is 19.7 Å². The molecule has 4 nitrogen and oxygen atoms in total. The van der Waals surface area contributed by atoms with Crippen LogP contribution in [-0.4, -0.2) is 23.4 Å². The molecule has 0 saturated heterocycles. The van der Waals surface area contributed by atoms with Crippen LogP contribution in [-0.2, 0) is 0 Å². The Morgan fingerprint density at radius 3 is 0.696 bits per heavy atom. The molecular weight excluding hydrogens is 1280 g/mol. The maximum atomic E-state index is 12.8. The second kappa shape index (κ2) is 32.6. The second-order valence-electron chi connectivity index (χ2n) is 32.8. The van der Waals surface area contributed by atoms with Crippen molar-refractivity contribution in [3.05, 3.63) is 211 Å². The zero-order valence-electron chi connectivity index (χ0n) is 66.1. The van der Waals surface area contributed by atoms with Crippen molar-refractivity contribution in [2.75, 3.05) is 13.2 Å². The fourth-order valence-electron chi connectivity index (χ4n) is 14.9. The third-order valence-corrected chi connectivity index (χ3v) is 23.0. The van der Waals surface area contributed by atoms with E-state index in [0.29, 0.717) is 84.2 Å². The molecule has 2 N–H and O–H groups in total. The van der Waals surface area contributed by atoms with Gasteiger partial charge in [0.2, 0.25) is 0 Å². The molecule has 0 aliphatic carbocycles. The molecule has 0 amide bonds. The summed E-state index contributed by atoms with van der Waals surface area (Å²) < 4.78 is 13.4. The molecule has 0 fully saturated rings. The summed E-state index contributed by atoms with van der Waals surface area (Å²) in [6, 6.07) is 50.2. The summed E-state index contributed by atoms with van der Waals surface area (Å²) in [5.74, 6) is 5.99. The van der Waals surface area contributed by atoms with E-state index >= 15 is 0 Å². The highest BCUT2D eigenvalue weighted by Crippen LogP contribution is 2.53. The van der Waals surface area contributed by atoms with Crippen LogP contribution in [0, 0.1) is 0 Å². The van der Waals surface area contributed by atoms with E-state index in [9.17, 15) is 10.2 Å². The Morgan fingerprint density at radius 1 is 0.265 bits per heavy atom. The minimum absolute atomic E-state index is 0.264. The van der Waals surface area contributed by atoms with E-state index < -0.39 is 0 Å². The van der Waals surface area contributed by atoms with Crippen LogP contribution in [0.4, 0.5) is 0 Å². The topological polar surface area (TPSA) is 58.9 Å². The first kappa shape index (κ1) is 77.0. The Kier molecular flexibility index (Phi) is 24.6. The first-order valence-electron chi connectivity index (χ1n) is 38.4. The molecule has 538 valence electrons. The molecule has 6 heteroatoms. The lowest BCUT2D eigenvalue weighted by molar-refractivity contribution is 0.267. The average Bonchev–Trinajstić information content (AvgIpc) is 1.80. The van der Waals surface area contributed by atoms with Crippen LogP contribution in [0.25, 0.3) is 87.6 Å². The van der Waals surface area contributed by atoms with Gasteiger partial charge in [-0.1, -0.05) is 251 Å². The standard InChI is InChI=1S/C96H118O4S2/c1-53(2)65-43-77(57(9)10)89(78(44-65)58(11)12)69-37-70(90-79(59(13)14)45-66(54(3)4)46-80(90)60(15)16)40-73(39-69)95-93(97)85(51-101-95)75-31-25-27-33-87(75)99-35-29-30-36-100-88-34-28-26-32-76(88)86-52-102-96(94(86)98)74-41-71(91-81(61(17)18)47-67(55(5)6)48-82(91)62(19)20)38-72(42-74)92-83(63(21)22)49-68(56(7)8)50-84(92)64(23)24/h25-28,31-34,37-64,97-98H,29-30,35-36H2,1-24H3. The summed E-state index contributed by atoms with van der Waals surface area (Å²) in [5, 5.41) is 29.7. The molecule has 2 heterocycles. The zero-order chi connectivity index (χ0) is 74.0. The molecule has 0 bridgehead atoms. The van der Waals surface area contributed by atoms with Crippen LogP contribution < -0.4 is 9.47 Å². The Labute approximate surface area is 623 Å². The van der Waals surface area contributed by atoms with Crippen LogP contribution in [0.15, 0.2) is 144 Å². The molecule has 10 rings (SSSR count). The van der Waals surface area contributed by atoms with Gasteiger partial charge in [-0.15, -0.1) is 22.7 Å². The Hall–Kier alpha value is -7.64. The minimum atomic E-state index is 0.264. The van der Waals surface area contributed by atoms with Gasteiger partial charge in [0.25, 0.3) is 0 Å². The molecule has 8 aromatic carbocycles. The molecular formula is C96H118O4S2. The first-order valence-corrected chi connectivity index (χ1v) is 40.2. The highest BCUT2D eigenvalue weighted by molar-refractivity contribution is 7.14. The molecule has 10 aromatic rings. The normalized spacial score (nSPS) is 12.2. The lowest BCUT2D eigenvalue weighted by Gasteiger charge is -2.26. The van der Waals surface area contributed by atoms with Gasteiger partial charge >= 0.3 is 0 Å². The SMILES string of the molecule is CC(C)c1cc(C(C)C)c(-c2cc(-c3scc(-c4ccccc4OCCCCOc4ccccc4-c4csc(-c5cc(-c6c(C(C)C)cc(C(C)C)cc6C(C)C)cc(-c6c(C(C)C)cc(C(C)C)cc6C(C)C)c5)c4O)c3O)cc(-c3c(C(C)C)cc(C(C)C)cc3C(C)C)c2)c(C(C)C)c1. The van der Waals surface area contributed by atoms with Crippen molar-refractivity contribution in [1.29, 1.82) is 0 Å². The second-order valence-corrected chi connectivity index (χ2v) is 34.6. The molecule has 2 aromatic heterocycles. The van der Waals surface area contributed by atoms with Crippen LogP contribution in [0.5, 0.6) is 23.0 Å². The van der Waals surface area contributed by atoms with Crippen molar-refractivity contribution in [1.82, 2.24) is 0 Å². The first-order chi connectivity index (χ1) is 48.4. The molecule has 0 saturated carbocycles. The van der Waals surface area contributed by atoms with Crippen molar-refractivity contribution >= 4 is 22.7 Å². The van der Waals surface area contributed by atoms with E-state index in [2.05, 4.69) is 274 Å². The van der Waals surface area contributed by atoms with Gasteiger partial charge in [0.15, 0.2) is 0 Å². The van der Waals surface area contributed by atoms with Crippen molar-refractivity contribution < 1.29 is 19.7 Å². The maximum Gasteiger partial charge on any atom is 0.142 e. The Bertz CT molecular complexity index is 3990. The summed E-state index contributed by atoms with van der Waals surface area (Å²) in [4.78, 5) is 1.68. The van der Waals surface area contributed by atoms with Gasteiger partial charge in [-0.05, 0) is 255 Å². The van der Waals surface area contributed by atoms with Gasteiger partial charge in [-0.2, -0.15) is 0 Å². The third-order valence-electron chi connectivity index (χ3n) is 21.0. The number of hydrogen-bond acceptors (Lipinski definition) is 6. The highest BCUT2D eigenvalue weighted by atomic mass is 32.1. The van der Waals surface area contributed by atoms with Gasteiger partial charge in [-0.25, -0.2) is 0 Å². The highest BCUT2D eigenvalue weighted by Gasteiger charge is 2.29. The average molecular weight is 1400 g/mol. The van der Waals surface area contributed by atoms with Gasteiger partial charge in [0, 0.05) is 33.0 Å².